The lowest BCUT2D eigenvalue weighted by atomic mass is 10.1. The second-order valence-corrected chi connectivity index (χ2v) is 6.80. The van der Waals surface area contributed by atoms with Crippen LogP contribution < -0.4 is 11.1 Å². The summed E-state index contributed by atoms with van der Waals surface area (Å²) < 4.78 is 1.80. The predicted octanol–water partition coefficient (Wildman–Crippen LogP) is 1.87. The van der Waals surface area contributed by atoms with Crippen LogP contribution in [0.25, 0.3) is 11.3 Å². The van der Waals surface area contributed by atoms with E-state index in [9.17, 15) is 9.59 Å². The van der Waals surface area contributed by atoms with Crippen molar-refractivity contribution in [2.24, 2.45) is 0 Å². The van der Waals surface area contributed by atoms with Gasteiger partial charge in [-0.15, -0.1) is 11.3 Å². The number of carbonyl (C=O) groups is 1. The summed E-state index contributed by atoms with van der Waals surface area (Å²) in [7, 11) is 0. The molecule has 0 radical (unpaired) electrons. The Morgan fingerprint density at radius 3 is 2.87 bits per heavy atom. The molecule has 1 amide bonds. The van der Waals surface area contributed by atoms with Crippen LogP contribution in [-0.2, 0) is 4.79 Å². The van der Waals surface area contributed by atoms with Crippen molar-refractivity contribution in [3.63, 3.8) is 0 Å². The highest BCUT2D eigenvalue weighted by Crippen LogP contribution is 2.28. The molecule has 9 heteroatoms. The van der Waals surface area contributed by atoms with E-state index in [1.54, 1.807) is 0 Å². The minimum absolute atomic E-state index is 0.165. The van der Waals surface area contributed by atoms with Gasteiger partial charge in [-0.1, -0.05) is 41.6 Å². The summed E-state index contributed by atoms with van der Waals surface area (Å²) in [6, 6.07) is 8.13. The first-order valence-corrected chi connectivity index (χ1v) is 8.55. The van der Waals surface area contributed by atoms with Gasteiger partial charge in [0.2, 0.25) is 5.91 Å². The first-order valence-electron chi connectivity index (χ1n) is 6.69. The zero-order valence-electron chi connectivity index (χ0n) is 12.1. The van der Waals surface area contributed by atoms with Crippen LogP contribution in [0.4, 0.5) is 0 Å². The maximum absolute atomic E-state index is 11.8. The van der Waals surface area contributed by atoms with Gasteiger partial charge in [-0.2, -0.15) is 9.77 Å². The molecular weight excluding hydrogens is 334 g/mol. The van der Waals surface area contributed by atoms with Crippen LogP contribution in [0.2, 0.25) is 0 Å². The molecule has 2 N–H and O–H groups in total. The number of hydrogen-bond donors (Lipinski definition) is 2. The maximum Gasteiger partial charge on any atom is 0.362 e. The lowest BCUT2D eigenvalue weighted by Crippen LogP contribution is -2.31. The monoisotopic (exact) mass is 347 g/mol. The Morgan fingerprint density at radius 1 is 1.39 bits per heavy atom. The van der Waals surface area contributed by atoms with Crippen molar-refractivity contribution in [1.82, 2.24) is 19.9 Å². The van der Waals surface area contributed by atoms with Crippen molar-refractivity contribution in [3.05, 3.63) is 52.0 Å². The van der Waals surface area contributed by atoms with E-state index < -0.39 is 5.69 Å². The molecule has 0 aliphatic rings. The van der Waals surface area contributed by atoms with E-state index in [2.05, 4.69) is 20.6 Å². The average molecular weight is 347 g/mol. The number of rotatable bonds is 5. The molecule has 0 fully saturated rings. The van der Waals surface area contributed by atoms with Gasteiger partial charge in [-0.25, -0.2) is 14.9 Å². The van der Waals surface area contributed by atoms with Crippen molar-refractivity contribution in [1.29, 1.82) is 0 Å². The van der Waals surface area contributed by atoms with Gasteiger partial charge < -0.3 is 0 Å². The van der Waals surface area contributed by atoms with E-state index in [1.807, 2.05) is 36.6 Å². The fourth-order valence-corrected chi connectivity index (χ4v) is 3.43. The number of nitrogens with one attached hydrogen (secondary N) is 2. The summed E-state index contributed by atoms with van der Waals surface area (Å²) in [4.78, 5) is 27.5. The zero-order chi connectivity index (χ0) is 16.2. The molecule has 1 aromatic carbocycles. The number of hydrogen-bond acceptors (Lipinski definition) is 6. The highest BCUT2D eigenvalue weighted by Gasteiger charge is 2.09. The van der Waals surface area contributed by atoms with Crippen LogP contribution in [0.15, 0.2) is 45.1 Å². The molecule has 0 spiro atoms. The number of thiazole rings is 1. The largest absolute Gasteiger partial charge is 0.362 e. The average Bonchev–Trinajstić information content (AvgIpc) is 3.16. The summed E-state index contributed by atoms with van der Waals surface area (Å²) >= 11 is 2.81. The number of aryl methyl sites for hydroxylation is 1. The van der Waals surface area contributed by atoms with Gasteiger partial charge in [0.1, 0.15) is 6.33 Å². The van der Waals surface area contributed by atoms with E-state index >= 15 is 0 Å². The van der Waals surface area contributed by atoms with Crippen molar-refractivity contribution in [2.75, 3.05) is 11.2 Å². The molecule has 3 rings (SSSR count). The molecule has 0 atom stereocenters. The Kier molecular flexibility index (Phi) is 4.58. The molecule has 0 bridgehead atoms. The number of thioether (sulfide) groups is 1. The fourth-order valence-electron chi connectivity index (χ4n) is 1.80. The Morgan fingerprint density at radius 2 is 2.17 bits per heavy atom. The molecule has 0 saturated carbocycles. The van der Waals surface area contributed by atoms with Crippen molar-refractivity contribution >= 4 is 29.0 Å². The fraction of sp³-hybridized carbons (Fsp3) is 0.143. The Labute approximate surface area is 139 Å². The van der Waals surface area contributed by atoms with Crippen LogP contribution in [0.1, 0.15) is 5.56 Å². The smallest absolute Gasteiger partial charge is 0.272 e. The van der Waals surface area contributed by atoms with Crippen LogP contribution in [0.5, 0.6) is 0 Å². The van der Waals surface area contributed by atoms with Gasteiger partial charge in [0.15, 0.2) is 4.34 Å². The van der Waals surface area contributed by atoms with Crippen molar-refractivity contribution in [3.8, 4) is 11.3 Å². The number of carbonyl (C=O) groups excluding carboxylic acids is 1. The van der Waals surface area contributed by atoms with Crippen molar-refractivity contribution < 1.29 is 4.79 Å². The van der Waals surface area contributed by atoms with Crippen molar-refractivity contribution in [2.45, 2.75) is 11.3 Å². The molecule has 0 unspecified atom stereocenters. The minimum atomic E-state index is -0.487. The molecule has 0 aliphatic carbocycles. The van der Waals surface area contributed by atoms with E-state index in [4.69, 9.17) is 0 Å². The SMILES string of the molecule is Cc1ccc(-c2csc(SCC(=O)Nn3cn[nH]c3=O)n2)cc1. The van der Waals surface area contributed by atoms with Gasteiger partial charge in [0, 0.05) is 10.9 Å². The molecule has 23 heavy (non-hydrogen) atoms. The van der Waals surface area contributed by atoms with E-state index in [0.717, 1.165) is 20.3 Å². The first kappa shape index (κ1) is 15.5. The lowest BCUT2D eigenvalue weighted by molar-refractivity contribution is -0.114. The van der Waals surface area contributed by atoms with Gasteiger partial charge >= 0.3 is 5.69 Å². The summed E-state index contributed by atoms with van der Waals surface area (Å²) in [5, 5.41) is 7.69. The van der Waals surface area contributed by atoms with Crippen LogP contribution in [0.3, 0.4) is 0 Å². The van der Waals surface area contributed by atoms with Gasteiger partial charge in [-0.05, 0) is 6.92 Å². The minimum Gasteiger partial charge on any atom is -0.272 e. The quantitative estimate of drug-likeness (QED) is 0.687. The first-order chi connectivity index (χ1) is 11.1. The normalized spacial score (nSPS) is 10.7. The third-order valence-corrected chi connectivity index (χ3v) is 4.98. The second kappa shape index (κ2) is 6.80. The van der Waals surface area contributed by atoms with E-state index in [1.165, 1.54) is 35.0 Å². The van der Waals surface area contributed by atoms with Crippen LogP contribution in [-0.4, -0.2) is 31.5 Å². The van der Waals surface area contributed by atoms with E-state index in [-0.39, 0.29) is 11.7 Å². The molecule has 0 aliphatic heterocycles. The van der Waals surface area contributed by atoms with E-state index in [0.29, 0.717) is 0 Å². The highest BCUT2D eigenvalue weighted by molar-refractivity contribution is 8.01. The van der Waals surface area contributed by atoms with Gasteiger partial charge in [0.25, 0.3) is 0 Å². The summed E-state index contributed by atoms with van der Waals surface area (Å²) in [5.41, 5.74) is 5.09. The molecule has 7 nitrogen and oxygen atoms in total. The summed E-state index contributed by atoms with van der Waals surface area (Å²) in [5.74, 6) is -0.135. The van der Waals surface area contributed by atoms with Gasteiger partial charge in [-0.3, -0.25) is 10.2 Å². The lowest BCUT2D eigenvalue weighted by Gasteiger charge is -2.02. The number of amides is 1. The number of nitrogens with zero attached hydrogens (tertiary/aromatic N) is 3. The zero-order valence-corrected chi connectivity index (χ0v) is 13.8. The van der Waals surface area contributed by atoms with Gasteiger partial charge in [0.05, 0.1) is 11.4 Å². The summed E-state index contributed by atoms with van der Waals surface area (Å²) in [6.45, 7) is 2.04. The molecule has 2 heterocycles. The topological polar surface area (TPSA) is 92.7 Å². The summed E-state index contributed by atoms with van der Waals surface area (Å²) in [6.07, 6.45) is 1.21. The number of benzene rings is 1. The molecule has 2 aromatic heterocycles. The third-order valence-electron chi connectivity index (χ3n) is 2.95. The number of aromatic nitrogens is 4. The highest BCUT2D eigenvalue weighted by atomic mass is 32.2. The standard InChI is InChI=1S/C14H13N5O2S2/c1-9-2-4-10(5-3-9)11-6-22-14(16-11)23-7-12(20)18-19-8-15-17-13(19)21/h2-6,8H,7H2,1H3,(H,17,21)(H,18,20). The van der Waals surface area contributed by atoms with Crippen LogP contribution >= 0.6 is 23.1 Å². The second-order valence-electron chi connectivity index (χ2n) is 4.72. The molecule has 118 valence electrons. The third kappa shape index (κ3) is 3.88. The Hall–Kier alpha value is -2.39. The van der Waals surface area contributed by atoms with Crippen LogP contribution in [0, 0.1) is 6.92 Å². The molecule has 0 saturated heterocycles. The molecular formula is C14H13N5O2S2. The Balaban J connectivity index is 1.59. The predicted molar refractivity (Wildman–Crippen MR) is 90.2 cm³/mol. The number of H-pyrrole nitrogens is 1. The molecule has 3 aromatic rings. The Bertz CT molecular complexity index is 866. The number of aromatic amines is 1. The maximum atomic E-state index is 11.8.